The molecule has 0 aliphatic rings. The first-order valence-corrected chi connectivity index (χ1v) is 10.7. The summed E-state index contributed by atoms with van der Waals surface area (Å²) in [5.74, 6) is -0.972. The third-order valence-corrected chi connectivity index (χ3v) is 4.62. The molecule has 3 N–H and O–H groups in total. The van der Waals surface area contributed by atoms with Crippen LogP contribution < -0.4 is 16.0 Å². The van der Waals surface area contributed by atoms with Crippen molar-refractivity contribution in [2.24, 2.45) is 5.92 Å². The monoisotopic (exact) mass is 439 g/mol. The minimum atomic E-state index is -0.823. The molecular weight excluding hydrogens is 406 g/mol. The molecule has 0 saturated heterocycles. The lowest BCUT2D eigenvalue weighted by Gasteiger charge is -2.25. The number of carbonyl (C=O) groups excluding carboxylic acids is 3. The Labute approximate surface area is 189 Å². The molecule has 0 aliphatic heterocycles. The van der Waals surface area contributed by atoms with E-state index in [-0.39, 0.29) is 24.4 Å². The van der Waals surface area contributed by atoms with Crippen LogP contribution in [0.3, 0.4) is 0 Å². The first kappa shape index (κ1) is 24.9. The fourth-order valence-electron chi connectivity index (χ4n) is 3.11. The van der Waals surface area contributed by atoms with Crippen LogP contribution in [-0.4, -0.2) is 36.1 Å². The molecule has 3 amide bonds. The van der Waals surface area contributed by atoms with E-state index >= 15 is 0 Å². The van der Waals surface area contributed by atoms with Crippen molar-refractivity contribution in [2.75, 3.05) is 6.54 Å². The van der Waals surface area contributed by atoms with Gasteiger partial charge < -0.3 is 20.7 Å². The molecule has 0 spiro atoms. The molecule has 1 unspecified atom stereocenters. The summed E-state index contributed by atoms with van der Waals surface area (Å²) in [6, 6.07) is 18.1. The van der Waals surface area contributed by atoms with Crippen molar-refractivity contribution >= 4 is 17.9 Å². The van der Waals surface area contributed by atoms with Gasteiger partial charge in [0.2, 0.25) is 11.8 Å². The maximum absolute atomic E-state index is 12.7. The van der Waals surface area contributed by atoms with Crippen molar-refractivity contribution in [3.05, 3.63) is 71.8 Å². The third kappa shape index (κ3) is 8.06. The zero-order valence-electron chi connectivity index (χ0n) is 19.3. The second-order valence-electron chi connectivity index (χ2n) is 8.91. The van der Waals surface area contributed by atoms with E-state index in [1.807, 2.05) is 74.5 Å². The molecule has 0 fully saturated rings. The molecule has 1 atom stereocenters. The molecule has 2 rings (SSSR count). The lowest BCUT2D eigenvalue weighted by Crippen LogP contribution is -2.52. The Bertz CT molecular complexity index is 853. The average Bonchev–Trinajstić information content (AvgIpc) is 2.74. The zero-order chi connectivity index (χ0) is 23.7. The van der Waals surface area contributed by atoms with Crippen LogP contribution in [0.15, 0.2) is 60.7 Å². The van der Waals surface area contributed by atoms with Crippen LogP contribution in [0.1, 0.15) is 51.8 Å². The summed E-state index contributed by atoms with van der Waals surface area (Å²) in [7, 11) is 0. The summed E-state index contributed by atoms with van der Waals surface area (Å²) in [6.07, 6.45) is -0.677. The zero-order valence-corrected chi connectivity index (χ0v) is 19.3. The quantitative estimate of drug-likeness (QED) is 0.586. The number of rotatable bonds is 8. The van der Waals surface area contributed by atoms with Crippen molar-refractivity contribution in [3.8, 4) is 0 Å². The van der Waals surface area contributed by atoms with E-state index in [0.717, 1.165) is 11.1 Å². The highest BCUT2D eigenvalue weighted by Gasteiger charge is 2.27. The Hall–Kier alpha value is -3.35. The van der Waals surface area contributed by atoms with Crippen molar-refractivity contribution < 1.29 is 19.1 Å². The van der Waals surface area contributed by atoms with Crippen molar-refractivity contribution in [1.82, 2.24) is 16.0 Å². The van der Waals surface area contributed by atoms with Crippen molar-refractivity contribution in [1.29, 1.82) is 0 Å². The Morgan fingerprint density at radius 3 is 1.78 bits per heavy atom. The Kier molecular flexibility index (Phi) is 8.81. The fraction of sp³-hybridized carbons (Fsp3) is 0.400. The summed E-state index contributed by atoms with van der Waals surface area (Å²) in [4.78, 5) is 37.4. The highest BCUT2D eigenvalue weighted by molar-refractivity contribution is 5.89. The second kappa shape index (κ2) is 11.3. The van der Waals surface area contributed by atoms with Gasteiger partial charge in [-0.2, -0.15) is 0 Å². The number of carbonyl (C=O) groups is 3. The standard InChI is InChI=1S/C25H33N3O4/c1-17(2)21(28-24(31)32-25(3,4)5)23(30)26-16-20(29)27-22(18-12-8-6-9-13-18)19-14-10-7-11-15-19/h6-15,17,21-22H,16H2,1-5H3,(H,26,30)(H,27,29)(H,28,31). The molecule has 0 aromatic heterocycles. The summed E-state index contributed by atoms with van der Waals surface area (Å²) in [5.41, 5.74) is 1.20. The summed E-state index contributed by atoms with van der Waals surface area (Å²) >= 11 is 0. The predicted octanol–water partition coefficient (Wildman–Crippen LogP) is 3.56. The van der Waals surface area contributed by atoms with E-state index in [1.165, 1.54) is 0 Å². The van der Waals surface area contributed by atoms with Crippen LogP contribution in [0.4, 0.5) is 4.79 Å². The van der Waals surface area contributed by atoms with Crippen LogP contribution in [-0.2, 0) is 14.3 Å². The van der Waals surface area contributed by atoms with Crippen molar-refractivity contribution in [3.63, 3.8) is 0 Å². The predicted molar refractivity (Wildman–Crippen MR) is 124 cm³/mol. The largest absolute Gasteiger partial charge is 0.444 e. The smallest absolute Gasteiger partial charge is 0.408 e. The Morgan fingerprint density at radius 1 is 0.844 bits per heavy atom. The van der Waals surface area contributed by atoms with Crippen molar-refractivity contribution in [2.45, 2.75) is 52.3 Å². The van der Waals surface area contributed by atoms with Gasteiger partial charge in [0.15, 0.2) is 0 Å². The number of amides is 3. The average molecular weight is 440 g/mol. The maximum atomic E-state index is 12.7. The van der Waals surface area contributed by atoms with E-state index in [1.54, 1.807) is 20.8 Å². The second-order valence-corrected chi connectivity index (χ2v) is 8.91. The number of hydrogen-bond donors (Lipinski definition) is 3. The van der Waals surface area contributed by atoms with E-state index in [4.69, 9.17) is 4.74 Å². The molecule has 2 aromatic rings. The highest BCUT2D eigenvalue weighted by Crippen LogP contribution is 2.21. The molecule has 32 heavy (non-hydrogen) atoms. The fourth-order valence-corrected chi connectivity index (χ4v) is 3.11. The normalized spacial score (nSPS) is 12.2. The van der Waals surface area contributed by atoms with Gasteiger partial charge in [0.1, 0.15) is 11.6 Å². The first-order chi connectivity index (χ1) is 15.1. The number of ether oxygens (including phenoxy) is 1. The maximum Gasteiger partial charge on any atom is 0.408 e. The molecule has 172 valence electrons. The molecule has 2 aromatic carbocycles. The van der Waals surface area contributed by atoms with E-state index in [9.17, 15) is 14.4 Å². The SMILES string of the molecule is CC(C)C(NC(=O)OC(C)(C)C)C(=O)NCC(=O)NC(c1ccccc1)c1ccccc1. The van der Waals surface area contributed by atoms with Crippen LogP contribution in [0.5, 0.6) is 0 Å². The van der Waals surface area contributed by atoms with E-state index in [2.05, 4.69) is 16.0 Å². The van der Waals surface area contributed by atoms with Gasteiger partial charge in [0.25, 0.3) is 0 Å². The number of benzene rings is 2. The van der Waals surface area contributed by atoms with E-state index < -0.39 is 23.6 Å². The highest BCUT2D eigenvalue weighted by atomic mass is 16.6. The number of alkyl carbamates (subject to hydrolysis) is 1. The molecule has 7 nitrogen and oxygen atoms in total. The Morgan fingerprint density at radius 2 is 1.34 bits per heavy atom. The van der Waals surface area contributed by atoms with Crippen LogP contribution >= 0.6 is 0 Å². The van der Waals surface area contributed by atoms with Gasteiger partial charge in [-0.05, 0) is 37.8 Å². The first-order valence-electron chi connectivity index (χ1n) is 10.7. The molecule has 0 radical (unpaired) electrons. The minimum Gasteiger partial charge on any atom is -0.444 e. The lowest BCUT2D eigenvalue weighted by atomic mass is 9.99. The number of hydrogen-bond acceptors (Lipinski definition) is 4. The molecule has 0 heterocycles. The molecule has 0 saturated carbocycles. The Balaban J connectivity index is 2.01. The van der Waals surface area contributed by atoms with Gasteiger partial charge in [0.05, 0.1) is 12.6 Å². The van der Waals surface area contributed by atoms with Gasteiger partial charge in [-0.3, -0.25) is 9.59 Å². The van der Waals surface area contributed by atoms with Gasteiger partial charge in [0, 0.05) is 0 Å². The van der Waals surface area contributed by atoms with Gasteiger partial charge in [-0.25, -0.2) is 4.79 Å². The van der Waals surface area contributed by atoms with Gasteiger partial charge in [-0.15, -0.1) is 0 Å². The molecule has 0 aliphatic carbocycles. The lowest BCUT2D eigenvalue weighted by molar-refractivity contribution is -0.128. The van der Waals surface area contributed by atoms with Crippen LogP contribution in [0.25, 0.3) is 0 Å². The summed E-state index contributed by atoms with van der Waals surface area (Å²) < 4.78 is 5.24. The topological polar surface area (TPSA) is 96.5 Å². The van der Waals surface area contributed by atoms with Gasteiger partial charge in [-0.1, -0.05) is 74.5 Å². The summed E-state index contributed by atoms with van der Waals surface area (Å²) in [6.45, 7) is 8.64. The van der Waals surface area contributed by atoms with Gasteiger partial charge >= 0.3 is 6.09 Å². The number of nitrogens with one attached hydrogen (secondary N) is 3. The third-order valence-electron chi connectivity index (χ3n) is 4.62. The van der Waals surface area contributed by atoms with E-state index in [0.29, 0.717) is 0 Å². The molecule has 7 heteroatoms. The molecule has 0 bridgehead atoms. The van der Waals surface area contributed by atoms with Crippen LogP contribution in [0, 0.1) is 5.92 Å². The summed E-state index contributed by atoms with van der Waals surface area (Å²) in [5, 5.41) is 8.18. The molecular formula is C25H33N3O4. The minimum absolute atomic E-state index is 0.188. The van der Waals surface area contributed by atoms with Crippen LogP contribution in [0.2, 0.25) is 0 Å².